The standard InChI is InChI=1S/C24H22N6O7S2.C2HF3O2/c1-37-15-5-3-2-4-14(15)29-7-6-11(20(29)32)8-12-9-38-22-17(21(33)30(22)18(12)23(34)35)27-19(31)16(28-36)13-10-39-24(25)26-13;3-2(4,5)1(6)7/h2-5,8,10,17,22,36H,6-7,9H2,1H3,(H2,25,26)(H,27,31)(H,34,35);(H,6,7)/t17-,22-;/m1./s1. The molecule has 3 amide bonds. The van der Waals surface area contributed by atoms with Crippen molar-refractivity contribution < 1.29 is 57.3 Å². The van der Waals surface area contributed by atoms with Crippen molar-refractivity contribution >= 4 is 69.3 Å². The first-order valence-electron chi connectivity index (χ1n) is 12.8. The number of hydrogen-bond acceptors (Lipinski definition) is 12. The molecule has 0 saturated carbocycles. The lowest BCUT2D eigenvalue weighted by Gasteiger charge is -2.49. The van der Waals surface area contributed by atoms with Crippen LogP contribution in [0.3, 0.4) is 0 Å². The first kappa shape index (κ1) is 33.8. The molecule has 3 aliphatic rings. The molecule has 2 aromatic rings. The van der Waals surface area contributed by atoms with Crippen LogP contribution in [0.5, 0.6) is 5.75 Å². The Morgan fingerprint density at radius 2 is 1.89 bits per heavy atom. The molecule has 6 N–H and O–H groups in total. The zero-order valence-electron chi connectivity index (χ0n) is 23.3. The Hall–Kier alpha value is -5.11. The highest BCUT2D eigenvalue weighted by Crippen LogP contribution is 2.42. The molecule has 20 heteroatoms. The number of aliphatic carboxylic acids is 2. The summed E-state index contributed by atoms with van der Waals surface area (Å²) in [4.78, 5) is 66.6. The van der Waals surface area contributed by atoms with Crippen LogP contribution >= 0.6 is 23.1 Å². The highest BCUT2D eigenvalue weighted by Gasteiger charge is 2.54. The highest BCUT2D eigenvalue weighted by molar-refractivity contribution is 8.00. The van der Waals surface area contributed by atoms with Crippen molar-refractivity contribution in [2.24, 2.45) is 5.16 Å². The molecule has 0 radical (unpaired) electrons. The van der Waals surface area contributed by atoms with E-state index in [-0.39, 0.29) is 28.2 Å². The number of nitrogens with one attached hydrogen (secondary N) is 1. The maximum atomic E-state index is 13.2. The molecule has 15 nitrogen and oxygen atoms in total. The van der Waals surface area contributed by atoms with Gasteiger partial charge in [0.2, 0.25) is 0 Å². The number of amides is 3. The first-order chi connectivity index (χ1) is 21.7. The van der Waals surface area contributed by atoms with Gasteiger partial charge < -0.3 is 36.1 Å². The Kier molecular flexibility index (Phi) is 9.90. The van der Waals surface area contributed by atoms with Crippen molar-refractivity contribution in [3.05, 3.63) is 58.3 Å². The molecule has 0 spiro atoms. The van der Waals surface area contributed by atoms with Crippen LogP contribution < -0.4 is 20.7 Å². The van der Waals surface area contributed by atoms with Gasteiger partial charge in [-0.05, 0) is 30.2 Å². The number of nitrogen functional groups attached to an aromatic ring is 1. The number of alkyl halides is 3. The number of oxime groups is 1. The van der Waals surface area contributed by atoms with Crippen LogP contribution in [-0.4, -0.2) is 97.7 Å². The molecule has 2 fully saturated rings. The smallest absolute Gasteiger partial charge is 0.490 e. The molecule has 2 atom stereocenters. The van der Waals surface area contributed by atoms with Gasteiger partial charge in [0.15, 0.2) is 10.8 Å². The number of anilines is 2. The maximum absolute atomic E-state index is 13.2. The lowest BCUT2D eigenvalue weighted by atomic mass is 10.0. The average Bonchev–Trinajstić information content (AvgIpc) is 3.60. The summed E-state index contributed by atoms with van der Waals surface area (Å²) >= 11 is 2.29. The molecule has 46 heavy (non-hydrogen) atoms. The molecular formula is C26H23F3N6O9S2. The Labute approximate surface area is 264 Å². The molecule has 1 aromatic heterocycles. The summed E-state index contributed by atoms with van der Waals surface area (Å²) in [5.41, 5.74) is 6.30. The number of carbonyl (C=O) groups excluding carboxylic acids is 3. The molecule has 3 aliphatic heterocycles. The minimum Gasteiger partial charge on any atom is -0.495 e. The Morgan fingerprint density at radius 1 is 1.22 bits per heavy atom. The number of carboxylic acids is 2. The summed E-state index contributed by atoms with van der Waals surface area (Å²) in [7, 11) is 1.52. The summed E-state index contributed by atoms with van der Waals surface area (Å²) in [6.07, 6.45) is -3.16. The van der Waals surface area contributed by atoms with Gasteiger partial charge >= 0.3 is 18.1 Å². The number of nitrogens with two attached hydrogens (primary N) is 1. The van der Waals surface area contributed by atoms with Gasteiger partial charge in [-0.15, -0.1) is 23.1 Å². The number of aromatic nitrogens is 1. The third-order valence-electron chi connectivity index (χ3n) is 6.66. The molecule has 1 aromatic carbocycles. The summed E-state index contributed by atoms with van der Waals surface area (Å²) in [6.45, 7) is 0.395. The number of ether oxygens (including phenoxy) is 1. The van der Waals surface area contributed by atoms with Crippen molar-refractivity contribution in [2.45, 2.75) is 24.0 Å². The molecule has 0 unspecified atom stereocenters. The van der Waals surface area contributed by atoms with E-state index in [1.165, 1.54) is 30.3 Å². The molecule has 2 saturated heterocycles. The second kappa shape index (κ2) is 13.5. The topological polar surface area (TPSA) is 225 Å². The number of methoxy groups -OCH3 is 1. The average molecular weight is 685 g/mol. The maximum Gasteiger partial charge on any atom is 0.490 e. The van der Waals surface area contributed by atoms with Crippen LogP contribution in [0, 0.1) is 0 Å². The number of rotatable bonds is 7. The van der Waals surface area contributed by atoms with E-state index in [2.05, 4.69) is 15.5 Å². The number of thiazole rings is 1. The Morgan fingerprint density at radius 3 is 2.46 bits per heavy atom. The number of halogens is 3. The molecular weight excluding hydrogens is 661 g/mol. The summed E-state index contributed by atoms with van der Waals surface area (Å²) in [5, 5.41) is 32.8. The van der Waals surface area contributed by atoms with E-state index in [4.69, 9.17) is 20.4 Å². The number of thioether (sulfide) groups is 1. The van der Waals surface area contributed by atoms with Gasteiger partial charge in [0.05, 0.1) is 12.8 Å². The number of allylic oxidation sites excluding steroid dienone is 1. The number of hydrogen-bond donors (Lipinski definition) is 5. The molecule has 244 valence electrons. The van der Waals surface area contributed by atoms with E-state index in [9.17, 15) is 42.7 Å². The van der Waals surface area contributed by atoms with Crippen LogP contribution in [0.2, 0.25) is 0 Å². The van der Waals surface area contributed by atoms with Crippen molar-refractivity contribution in [3.63, 3.8) is 0 Å². The Balaban J connectivity index is 0.000000617. The molecule has 0 aliphatic carbocycles. The first-order valence-corrected chi connectivity index (χ1v) is 14.7. The fourth-order valence-electron chi connectivity index (χ4n) is 4.61. The molecule has 4 heterocycles. The SMILES string of the molecule is COc1ccccc1N1CCC(=CC2=C(C(=O)O)N3C(=O)[C@@H](NC(=O)C(=NO)c4csc(N)n4)[C@H]3SC2)C1=O.O=C(O)C(F)(F)F. The number of carboxylic acid groups (broad SMARTS) is 2. The van der Waals surface area contributed by atoms with E-state index in [0.717, 1.165) is 16.2 Å². The third kappa shape index (κ3) is 6.76. The summed E-state index contributed by atoms with van der Waals surface area (Å²) in [5.74, 6) is -5.12. The zero-order chi connectivity index (χ0) is 33.9. The van der Waals surface area contributed by atoms with E-state index in [1.54, 1.807) is 29.2 Å². The number of nitrogens with zero attached hydrogens (tertiary/aromatic N) is 4. The number of para-hydroxylation sites is 2. The molecule has 5 rings (SSSR count). The zero-order valence-corrected chi connectivity index (χ0v) is 25.0. The van der Waals surface area contributed by atoms with Gasteiger partial charge in [-0.25, -0.2) is 14.6 Å². The van der Waals surface area contributed by atoms with Gasteiger partial charge in [-0.1, -0.05) is 17.3 Å². The van der Waals surface area contributed by atoms with E-state index in [0.29, 0.717) is 35.5 Å². The van der Waals surface area contributed by atoms with Crippen LogP contribution in [0.1, 0.15) is 12.1 Å². The van der Waals surface area contributed by atoms with Crippen molar-refractivity contribution in [1.82, 2.24) is 15.2 Å². The Bertz CT molecular complexity index is 1690. The van der Waals surface area contributed by atoms with E-state index >= 15 is 0 Å². The van der Waals surface area contributed by atoms with Crippen LogP contribution in [0.15, 0.2) is 57.7 Å². The third-order valence-corrected chi connectivity index (χ3v) is 8.63. The number of fused-ring (bicyclic) bond motifs is 1. The van der Waals surface area contributed by atoms with Gasteiger partial charge in [0.25, 0.3) is 17.7 Å². The second-order valence-electron chi connectivity index (χ2n) is 9.41. The minimum absolute atomic E-state index is 0.0425. The van der Waals surface area contributed by atoms with Gasteiger partial charge in [0, 0.05) is 23.3 Å². The lowest BCUT2D eigenvalue weighted by Crippen LogP contribution is -2.71. The number of carbonyl (C=O) groups is 5. The van der Waals surface area contributed by atoms with Gasteiger partial charge in [-0.2, -0.15) is 13.2 Å². The summed E-state index contributed by atoms with van der Waals surface area (Å²) < 4.78 is 37.1. The van der Waals surface area contributed by atoms with Crippen LogP contribution in [-0.2, 0) is 24.0 Å². The quantitative estimate of drug-likeness (QED) is 0.0923. The van der Waals surface area contributed by atoms with Gasteiger partial charge in [0.1, 0.15) is 28.6 Å². The largest absolute Gasteiger partial charge is 0.495 e. The predicted molar refractivity (Wildman–Crippen MR) is 156 cm³/mol. The fraction of sp³-hybridized carbons (Fsp3) is 0.269. The van der Waals surface area contributed by atoms with E-state index in [1.807, 2.05) is 0 Å². The van der Waals surface area contributed by atoms with E-state index < -0.39 is 47.1 Å². The molecule has 0 bridgehead atoms. The van der Waals surface area contributed by atoms with Crippen molar-refractivity contribution in [1.29, 1.82) is 0 Å². The highest BCUT2D eigenvalue weighted by atomic mass is 32.2. The van der Waals surface area contributed by atoms with Crippen molar-refractivity contribution in [3.8, 4) is 5.75 Å². The second-order valence-corrected chi connectivity index (χ2v) is 11.4. The van der Waals surface area contributed by atoms with Crippen LogP contribution in [0.25, 0.3) is 0 Å². The van der Waals surface area contributed by atoms with Crippen LogP contribution in [0.4, 0.5) is 24.0 Å². The predicted octanol–water partition coefficient (Wildman–Crippen LogP) is 1.65. The fourth-order valence-corrected chi connectivity index (χ4v) is 6.47. The monoisotopic (exact) mass is 684 g/mol. The lowest BCUT2D eigenvalue weighted by molar-refractivity contribution is -0.192. The van der Waals surface area contributed by atoms with Crippen molar-refractivity contribution in [2.75, 3.05) is 30.0 Å². The normalized spacial score (nSPS) is 20.5. The summed E-state index contributed by atoms with van der Waals surface area (Å²) in [6, 6.07) is 6.06. The van der Waals surface area contributed by atoms with Gasteiger partial charge in [-0.3, -0.25) is 19.3 Å². The number of β-lactam (4-membered cyclic amide) rings is 1. The minimum atomic E-state index is -5.08. The number of benzene rings is 1.